The predicted molar refractivity (Wildman–Crippen MR) is 82.0 cm³/mol. The molecule has 1 aliphatic rings. The van der Waals surface area contributed by atoms with Crippen molar-refractivity contribution >= 4 is 0 Å². The predicted octanol–water partition coefficient (Wildman–Crippen LogP) is 3.34. The lowest BCUT2D eigenvalue weighted by Gasteiger charge is -2.26. The van der Waals surface area contributed by atoms with Crippen molar-refractivity contribution in [3.8, 4) is 0 Å². The van der Waals surface area contributed by atoms with Crippen LogP contribution in [0.2, 0.25) is 0 Å². The summed E-state index contributed by atoms with van der Waals surface area (Å²) < 4.78 is 0. The molecule has 1 aromatic rings. The third kappa shape index (κ3) is 4.48. The van der Waals surface area contributed by atoms with Crippen LogP contribution in [0.5, 0.6) is 0 Å². The summed E-state index contributed by atoms with van der Waals surface area (Å²) >= 11 is 0. The molecule has 0 heterocycles. The highest BCUT2D eigenvalue weighted by molar-refractivity contribution is 5.27. The summed E-state index contributed by atoms with van der Waals surface area (Å²) in [5.41, 5.74) is 2.87. The van der Waals surface area contributed by atoms with Crippen molar-refractivity contribution in [2.75, 3.05) is 6.54 Å². The third-order valence-corrected chi connectivity index (χ3v) is 3.74. The maximum atomic E-state index is 3.86. The van der Waals surface area contributed by atoms with E-state index < -0.39 is 0 Å². The van der Waals surface area contributed by atoms with Gasteiger partial charge in [-0.3, -0.25) is 4.90 Å². The zero-order valence-electron chi connectivity index (χ0n) is 12.2. The van der Waals surface area contributed by atoms with E-state index in [4.69, 9.17) is 0 Å². The quantitative estimate of drug-likeness (QED) is 0.720. The lowest BCUT2D eigenvalue weighted by atomic mass is 10.1. The van der Waals surface area contributed by atoms with Crippen LogP contribution in [0.25, 0.3) is 0 Å². The van der Waals surface area contributed by atoms with E-state index in [-0.39, 0.29) is 0 Å². The van der Waals surface area contributed by atoms with E-state index in [2.05, 4.69) is 54.9 Å². The van der Waals surface area contributed by atoms with Crippen molar-refractivity contribution in [3.63, 3.8) is 0 Å². The molecule has 1 aromatic carbocycles. The summed E-state index contributed by atoms with van der Waals surface area (Å²) in [5.74, 6) is 0. The molecule has 104 valence electrons. The maximum absolute atomic E-state index is 3.86. The van der Waals surface area contributed by atoms with Gasteiger partial charge < -0.3 is 5.32 Å². The first kappa shape index (κ1) is 14.3. The van der Waals surface area contributed by atoms with Gasteiger partial charge in [0.05, 0.1) is 0 Å². The normalized spacial score (nSPS) is 15.2. The average Bonchev–Trinajstić information content (AvgIpc) is 3.21. The van der Waals surface area contributed by atoms with Gasteiger partial charge in [0.1, 0.15) is 0 Å². The van der Waals surface area contributed by atoms with Crippen LogP contribution in [0.1, 0.15) is 37.8 Å². The highest BCUT2D eigenvalue weighted by atomic mass is 15.1. The van der Waals surface area contributed by atoms with E-state index in [1.54, 1.807) is 0 Å². The van der Waals surface area contributed by atoms with Gasteiger partial charge in [-0.15, -0.1) is 6.58 Å². The van der Waals surface area contributed by atoms with E-state index in [0.29, 0.717) is 6.04 Å². The molecule has 2 rings (SSSR count). The minimum Gasteiger partial charge on any atom is -0.310 e. The van der Waals surface area contributed by atoms with E-state index in [9.17, 15) is 0 Å². The van der Waals surface area contributed by atoms with E-state index >= 15 is 0 Å². The van der Waals surface area contributed by atoms with Gasteiger partial charge in [0.15, 0.2) is 0 Å². The molecule has 0 aliphatic heterocycles. The summed E-state index contributed by atoms with van der Waals surface area (Å²) in [6.07, 6.45) is 4.68. The second kappa shape index (κ2) is 6.88. The van der Waals surface area contributed by atoms with Crippen LogP contribution in [0.4, 0.5) is 0 Å². The largest absolute Gasteiger partial charge is 0.310 e. The number of benzene rings is 1. The number of rotatable bonds is 8. The summed E-state index contributed by atoms with van der Waals surface area (Å²) in [5, 5.41) is 3.61. The molecule has 1 fully saturated rings. The van der Waals surface area contributed by atoms with Gasteiger partial charge in [-0.25, -0.2) is 0 Å². The Morgan fingerprint density at radius 2 is 2.00 bits per heavy atom. The van der Waals surface area contributed by atoms with Crippen molar-refractivity contribution in [2.24, 2.45) is 0 Å². The Labute approximate surface area is 117 Å². The Balaban J connectivity index is 2.01. The van der Waals surface area contributed by atoms with Gasteiger partial charge in [-0.1, -0.05) is 30.3 Å². The zero-order chi connectivity index (χ0) is 13.7. The van der Waals surface area contributed by atoms with Crippen LogP contribution >= 0.6 is 0 Å². The molecule has 0 bridgehead atoms. The van der Waals surface area contributed by atoms with Gasteiger partial charge in [-0.05, 0) is 37.8 Å². The molecule has 0 unspecified atom stereocenters. The summed E-state index contributed by atoms with van der Waals surface area (Å²) in [6.45, 7) is 11.3. The van der Waals surface area contributed by atoms with E-state index in [1.165, 1.54) is 24.0 Å². The molecule has 0 saturated heterocycles. The fourth-order valence-electron chi connectivity index (χ4n) is 2.27. The highest BCUT2D eigenvalue weighted by Gasteiger charge is 2.20. The van der Waals surface area contributed by atoms with Crippen LogP contribution in [-0.4, -0.2) is 23.5 Å². The van der Waals surface area contributed by atoms with Crippen molar-refractivity contribution in [1.82, 2.24) is 10.2 Å². The molecule has 1 saturated carbocycles. The molecule has 19 heavy (non-hydrogen) atoms. The van der Waals surface area contributed by atoms with Crippen molar-refractivity contribution in [2.45, 2.75) is 51.9 Å². The topological polar surface area (TPSA) is 15.3 Å². The van der Waals surface area contributed by atoms with Gasteiger partial charge in [0, 0.05) is 31.7 Å². The average molecular weight is 258 g/mol. The number of hydrogen-bond donors (Lipinski definition) is 1. The molecule has 0 atom stereocenters. The van der Waals surface area contributed by atoms with Gasteiger partial charge in [-0.2, -0.15) is 0 Å². The minimum absolute atomic E-state index is 0.544. The van der Waals surface area contributed by atoms with Crippen LogP contribution in [0.15, 0.2) is 36.9 Å². The number of nitrogens with zero attached hydrogens (tertiary/aromatic N) is 1. The molecule has 1 aliphatic carbocycles. The monoisotopic (exact) mass is 258 g/mol. The number of hydrogen-bond acceptors (Lipinski definition) is 2. The van der Waals surface area contributed by atoms with Gasteiger partial charge >= 0.3 is 0 Å². The standard InChI is InChI=1S/C17H26N2/c1-4-11-19(14(2)3)13-16-8-6-5-7-15(16)12-18-17-9-10-17/h4-8,14,17-18H,1,9-13H2,2-3H3. The first-order chi connectivity index (χ1) is 9.20. The Morgan fingerprint density at radius 1 is 1.32 bits per heavy atom. The lowest BCUT2D eigenvalue weighted by molar-refractivity contribution is 0.236. The van der Waals surface area contributed by atoms with Crippen molar-refractivity contribution in [3.05, 3.63) is 48.0 Å². The van der Waals surface area contributed by atoms with Crippen LogP contribution in [0, 0.1) is 0 Å². The first-order valence-corrected chi connectivity index (χ1v) is 7.36. The van der Waals surface area contributed by atoms with Gasteiger partial charge in [0.2, 0.25) is 0 Å². The molecule has 2 heteroatoms. The molecule has 0 spiro atoms. The molecular formula is C17H26N2. The molecule has 0 aromatic heterocycles. The smallest absolute Gasteiger partial charge is 0.0242 e. The Hall–Kier alpha value is -1.12. The summed E-state index contributed by atoms with van der Waals surface area (Å²) in [4.78, 5) is 2.45. The van der Waals surface area contributed by atoms with Crippen LogP contribution in [0.3, 0.4) is 0 Å². The van der Waals surface area contributed by atoms with E-state index in [1.807, 2.05) is 6.08 Å². The molecule has 0 radical (unpaired) electrons. The van der Waals surface area contributed by atoms with Crippen LogP contribution < -0.4 is 5.32 Å². The van der Waals surface area contributed by atoms with Gasteiger partial charge in [0.25, 0.3) is 0 Å². The molecular weight excluding hydrogens is 232 g/mol. The Bertz CT molecular complexity index is 407. The third-order valence-electron chi connectivity index (χ3n) is 3.74. The Kier molecular flexibility index (Phi) is 5.17. The Morgan fingerprint density at radius 3 is 2.58 bits per heavy atom. The van der Waals surface area contributed by atoms with E-state index in [0.717, 1.165) is 25.7 Å². The summed E-state index contributed by atoms with van der Waals surface area (Å²) in [7, 11) is 0. The minimum atomic E-state index is 0.544. The molecule has 0 amide bonds. The second-order valence-corrected chi connectivity index (χ2v) is 5.74. The highest BCUT2D eigenvalue weighted by Crippen LogP contribution is 2.20. The summed E-state index contributed by atoms with van der Waals surface area (Å²) in [6, 6.07) is 10.1. The van der Waals surface area contributed by atoms with Crippen LogP contribution in [-0.2, 0) is 13.1 Å². The maximum Gasteiger partial charge on any atom is 0.0242 e. The molecule has 1 N–H and O–H groups in total. The zero-order valence-corrected chi connectivity index (χ0v) is 12.2. The number of nitrogens with one attached hydrogen (secondary N) is 1. The SMILES string of the molecule is C=CCN(Cc1ccccc1CNC1CC1)C(C)C. The first-order valence-electron chi connectivity index (χ1n) is 7.36. The van der Waals surface area contributed by atoms with Crippen molar-refractivity contribution in [1.29, 1.82) is 0 Å². The second-order valence-electron chi connectivity index (χ2n) is 5.74. The fraction of sp³-hybridized carbons (Fsp3) is 0.529. The van der Waals surface area contributed by atoms with Crippen molar-refractivity contribution < 1.29 is 0 Å². The lowest BCUT2D eigenvalue weighted by Crippen LogP contribution is -2.31. The fourth-order valence-corrected chi connectivity index (χ4v) is 2.27. The molecule has 2 nitrogen and oxygen atoms in total.